The van der Waals surface area contributed by atoms with E-state index in [4.69, 9.17) is 9.84 Å². The van der Waals surface area contributed by atoms with Gasteiger partial charge >= 0.3 is 5.97 Å². The third-order valence-corrected chi connectivity index (χ3v) is 3.73. The molecule has 0 radical (unpaired) electrons. The zero-order chi connectivity index (χ0) is 17.9. The first-order chi connectivity index (χ1) is 12.1. The number of nitrogens with one attached hydrogen (secondary N) is 1. The molecule has 2 aromatic carbocycles. The van der Waals surface area contributed by atoms with Crippen LogP contribution in [0.5, 0.6) is 0 Å². The van der Waals surface area contributed by atoms with Crippen molar-refractivity contribution in [2.75, 3.05) is 19.8 Å². The highest BCUT2D eigenvalue weighted by molar-refractivity contribution is 5.87. The van der Waals surface area contributed by atoms with Gasteiger partial charge < -0.3 is 15.2 Å². The minimum atomic E-state index is -0.969. The van der Waals surface area contributed by atoms with Crippen LogP contribution in [0.2, 0.25) is 0 Å². The van der Waals surface area contributed by atoms with Gasteiger partial charge in [-0.05, 0) is 36.1 Å². The summed E-state index contributed by atoms with van der Waals surface area (Å²) in [6, 6.07) is 16.5. The smallest absolute Gasteiger partial charge is 0.335 e. The van der Waals surface area contributed by atoms with E-state index in [1.807, 2.05) is 18.2 Å². The molecule has 0 fully saturated rings. The van der Waals surface area contributed by atoms with Gasteiger partial charge in [-0.25, -0.2) is 4.79 Å². The number of hydrogen-bond donors (Lipinski definition) is 2. The molecule has 0 saturated heterocycles. The number of benzene rings is 2. The number of aromatic carboxylic acids is 1. The van der Waals surface area contributed by atoms with Gasteiger partial charge in [-0.3, -0.25) is 4.79 Å². The van der Waals surface area contributed by atoms with Gasteiger partial charge in [0.05, 0.1) is 18.6 Å². The Hall–Kier alpha value is -2.66. The predicted octanol–water partition coefficient (Wildman–Crippen LogP) is 2.69. The van der Waals surface area contributed by atoms with Gasteiger partial charge in [-0.15, -0.1) is 0 Å². The summed E-state index contributed by atoms with van der Waals surface area (Å²) in [4.78, 5) is 22.6. The Morgan fingerprint density at radius 2 is 1.64 bits per heavy atom. The average Bonchev–Trinajstić information content (AvgIpc) is 2.62. The first kappa shape index (κ1) is 18.7. The zero-order valence-electron chi connectivity index (χ0n) is 14.1. The monoisotopic (exact) mass is 341 g/mol. The summed E-state index contributed by atoms with van der Waals surface area (Å²) < 4.78 is 5.57. The second-order valence-corrected chi connectivity index (χ2v) is 5.73. The van der Waals surface area contributed by atoms with Crippen molar-refractivity contribution in [3.8, 4) is 0 Å². The van der Waals surface area contributed by atoms with Crippen LogP contribution in [-0.2, 0) is 22.4 Å². The molecule has 0 aromatic heterocycles. The normalized spacial score (nSPS) is 10.4. The number of rotatable bonds is 10. The molecule has 5 nitrogen and oxygen atoms in total. The van der Waals surface area contributed by atoms with Gasteiger partial charge in [-0.2, -0.15) is 0 Å². The number of carboxylic acid groups (broad SMARTS) is 1. The molecule has 2 aromatic rings. The Balaban J connectivity index is 1.54. The fraction of sp³-hybridized carbons (Fsp3) is 0.300. The van der Waals surface area contributed by atoms with Crippen LogP contribution in [0.4, 0.5) is 0 Å². The van der Waals surface area contributed by atoms with Crippen molar-refractivity contribution in [2.45, 2.75) is 19.3 Å². The molecule has 0 saturated carbocycles. The average molecular weight is 341 g/mol. The van der Waals surface area contributed by atoms with E-state index in [1.165, 1.54) is 17.7 Å². The minimum absolute atomic E-state index is 0.0765. The molecule has 2 rings (SSSR count). The second kappa shape index (κ2) is 10.3. The number of amides is 1. The van der Waals surface area contributed by atoms with Crippen molar-refractivity contribution < 1.29 is 19.4 Å². The Morgan fingerprint density at radius 1 is 0.920 bits per heavy atom. The quantitative estimate of drug-likeness (QED) is 0.652. The number of carbonyl (C=O) groups is 2. The van der Waals surface area contributed by atoms with Crippen LogP contribution in [0.3, 0.4) is 0 Å². The maximum Gasteiger partial charge on any atom is 0.335 e. The molecular formula is C20H23NO4. The molecule has 0 unspecified atom stereocenters. The van der Waals surface area contributed by atoms with Crippen molar-refractivity contribution in [2.24, 2.45) is 0 Å². The number of carboxylic acids is 1. The van der Waals surface area contributed by atoms with Crippen LogP contribution >= 0.6 is 0 Å². The minimum Gasteiger partial charge on any atom is -0.478 e. The van der Waals surface area contributed by atoms with Crippen LogP contribution in [0.25, 0.3) is 0 Å². The maximum absolute atomic E-state index is 11.8. The molecule has 0 bridgehead atoms. The standard InChI is InChI=1S/C20H23NO4/c22-19(15-17-7-9-18(10-8-17)20(23)24)21-12-4-13-25-14-11-16-5-2-1-3-6-16/h1-3,5-10H,4,11-15H2,(H,21,22)(H,23,24). The fourth-order valence-corrected chi connectivity index (χ4v) is 2.35. The van der Waals surface area contributed by atoms with Crippen molar-refractivity contribution in [3.05, 3.63) is 71.3 Å². The lowest BCUT2D eigenvalue weighted by Crippen LogP contribution is -2.26. The zero-order valence-corrected chi connectivity index (χ0v) is 14.1. The summed E-state index contributed by atoms with van der Waals surface area (Å²) in [6.45, 7) is 1.85. The van der Waals surface area contributed by atoms with Crippen LogP contribution in [0.1, 0.15) is 27.9 Å². The summed E-state index contributed by atoms with van der Waals surface area (Å²) in [7, 11) is 0. The van der Waals surface area contributed by atoms with E-state index in [0.717, 1.165) is 18.4 Å². The molecule has 132 valence electrons. The lowest BCUT2D eigenvalue weighted by Gasteiger charge is -2.07. The molecule has 0 aliphatic carbocycles. The Kier molecular flexibility index (Phi) is 7.66. The van der Waals surface area contributed by atoms with E-state index in [2.05, 4.69) is 17.4 Å². The summed E-state index contributed by atoms with van der Waals surface area (Å²) in [5.41, 5.74) is 2.27. The summed E-state index contributed by atoms with van der Waals surface area (Å²) in [5, 5.41) is 11.7. The third kappa shape index (κ3) is 7.18. The highest BCUT2D eigenvalue weighted by Crippen LogP contribution is 2.05. The fourth-order valence-electron chi connectivity index (χ4n) is 2.35. The van der Waals surface area contributed by atoms with Gasteiger partial charge in [0.2, 0.25) is 5.91 Å². The van der Waals surface area contributed by atoms with Crippen LogP contribution in [-0.4, -0.2) is 36.7 Å². The molecule has 0 spiro atoms. The van der Waals surface area contributed by atoms with E-state index in [0.29, 0.717) is 19.8 Å². The van der Waals surface area contributed by atoms with Gasteiger partial charge in [0, 0.05) is 13.2 Å². The second-order valence-electron chi connectivity index (χ2n) is 5.73. The van der Waals surface area contributed by atoms with Crippen molar-refractivity contribution in [3.63, 3.8) is 0 Å². The number of carbonyl (C=O) groups excluding carboxylic acids is 1. The first-order valence-corrected chi connectivity index (χ1v) is 8.36. The predicted molar refractivity (Wildman–Crippen MR) is 95.7 cm³/mol. The first-order valence-electron chi connectivity index (χ1n) is 8.36. The van der Waals surface area contributed by atoms with Crippen LogP contribution in [0, 0.1) is 0 Å². The van der Waals surface area contributed by atoms with Crippen LogP contribution in [0.15, 0.2) is 54.6 Å². The van der Waals surface area contributed by atoms with E-state index >= 15 is 0 Å². The molecule has 5 heteroatoms. The van der Waals surface area contributed by atoms with Crippen molar-refractivity contribution in [1.29, 1.82) is 0 Å². The Labute approximate surface area is 147 Å². The molecule has 25 heavy (non-hydrogen) atoms. The molecule has 0 atom stereocenters. The summed E-state index contributed by atoms with van der Waals surface area (Å²) in [6.07, 6.45) is 1.90. The van der Waals surface area contributed by atoms with Gasteiger partial charge in [0.1, 0.15) is 0 Å². The highest BCUT2D eigenvalue weighted by atomic mass is 16.5. The van der Waals surface area contributed by atoms with Gasteiger partial charge in [0.15, 0.2) is 0 Å². The van der Waals surface area contributed by atoms with Crippen LogP contribution < -0.4 is 5.32 Å². The van der Waals surface area contributed by atoms with Gasteiger partial charge in [-0.1, -0.05) is 42.5 Å². The lowest BCUT2D eigenvalue weighted by molar-refractivity contribution is -0.120. The molecule has 2 N–H and O–H groups in total. The number of hydrogen-bond acceptors (Lipinski definition) is 3. The summed E-state index contributed by atoms with van der Waals surface area (Å²) in [5.74, 6) is -1.05. The summed E-state index contributed by atoms with van der Waals surface area (Å²) >= 11 is 0. The molecule has 0 aliphatic heterocycles. The van der Waals surface area contributed by atoms with E-state index in [-0.39, 0.29) is 17.9 Å². The highest BCUT2D eigenvalue weighted by Gasteiger charge is 2.05. The molecule has 0 heterocycles. The maximum atomic E-state index is 11.8. The van der Waals surface area contributed by atoms with Crippen molar-refractivity contribution in [1.82, 2.24) is 5.32 Å². The molecular weight excluding hydrogens is 318 g/mol. The Bertz CT molecular complexity index is 668. The SMILES string of the molecule is O=C(Cc1ccc(C(=O)O)cc1)NCCCOCCc1ccccc1. The van der Waals surface area contributed by atoms with Gasteiger partial charge in [0.25, 0.3) is 0 Å². The van der Waals surface area contributed by atoms with E-state index in [1.54, 1.807) is 12.1 Å². The topological polar surface area (TPSA) is 75.6 Å². The molecule has 0 aliphatic rings. The Morgan fingerprint density at radius 3 is 2.32 bits per heavy atom. The molecule has 1 amide bonds. The van der Waals surface area contributed by atoms with Crippen molar-refractivity contribution >= 4 is 11.9 Å². The lowest BCUT2D eigenvalue weighted by atomic mass is 10.1. The third-order valence-electron chi connectivity index (χ3n) is 3.73. The largest absolute Gasteiger partial charge is 0.478 e. The van der Waals surface area contributed by atoms with E-state index in [9.17, 15) is 9.59 Å². The van der Waals surface area contributed by atoms with E-state index < -0.39 is 5.97 Å². The number of ether oxygens (including phenoxy) is 1.